The number of nitrogens with zero attached hydrogens (tertiary/aromatic N) is 4. The average Bonchev–Trinajstić information content (AvgIpc) is 3.66. The molecule has 1 aliphatic heterocycles. The Bertz CT molecular complexity index is 1470. The first kappa shape index (κ1) is 26.2. The number of aryl methyl sites for hydroxylation is 1. The van der Waals surface area contributed by atoms with Crippen molar-refractivity contribution in [2.24, 2.45) is 5.41 Å². The van der Waals surface area contributed by atoms with E-state index in [-0.39, 0.29) is 5.41 Å². The molecule has 204 valence electrons. The van der Waals surface area contributed by atoms with Crippen LogP contribution >= 0.6 is 0 Å². The molecule has 1 saturated heterocycles. The van der Waals surface area contributed by atoms with Gasteiger partial charge in [0, 0.05) is 42.0 Å². The molecule has 1 fully saturated rings. The Hall–Kier alpha value is -4.00. The topological polar surface area (TPSA) is 54.1 Å². The SMILES string of the molecule is C[C@]1(CCCCn2cccn2)CO[C@H](c2nc(-c3ccccc3)c(-c3ccccc3)n2Cc2ccccc2)OC1. The third-order valence-corrected chi connectivity index (χ3v) is 7.63. The van der Waals surface area contributed by atoms with Gasteiger partial charge >= 0.3 is 0 Å². The Labute approximate surface area is 236 Å². The minimum Gasteiger partial charge on any atom is -0.345 e. The maximum Gasteiger partial charge on any atom is 0.217 e. The average molecular weight is 533 g/mol. The molecule has 0 aliphatic carbocycles. The van der Waals surface area contributed by atoms with Crippen LogP contribution in [0.1, 0.15) is 43.9 Å². The zero-order chi connectivity index (χ0) is 27.2. The predicted octanol–water partition coefficient (Wildman–Crippen LogP) is 7.38. The third kappa shape index (κ3) is 5.93. The van der Waals surface area contributed by atoms with Crippen LogP contribution in [0.5, 0.6) is 0 Å². The van der Waals surface area contributed by atoms with Gasteiger partial charge in [0.15, 0.2) is 5.82 Å². The van der Waals surface area contributed by atoms with Crippen LogP contribution in [-0.2, 0) is 22.6 Å². The summed E-state index contributed by atoms with van der Waals surface area (Å²) < 4.78 is 17.2. The van der Waals surface area contributed by atoms with Gasteiger partial charge in [-0.05, 0) is 24.5 Å². The Morgan fingerprint density at radius 1 is 0.800 bits per heavy atom. The molecule has 0 radical (unpaired) electrons. The van der Waals surface area contributed by atoms with Crippen LogP contribution in [0.15, 0.2) is 109 Å². The van der Waals surface area contributed by atoms with Crippen LogP contribution in [-0.4, -0.2) is 32.5 Å². The summed E-state index contributed by atoms with van der Waals surface area (Å²) in [4.78, 5) is 5.23. The van der Waals surface area contributed by atoms with E-state index in [9.17, 15) is 0 Å². The number of ether oxygens (including phenoxy) is 2. The van der Waals surface area contributed by atoms with Gasteiger partial charge in [-0.1, -0.05) is 104 Å². The fourth-order valence-electron chi connectivity index (χ4n) is 5.46. The number of hydrogen-bond donors (Lipinski definition) is 0. The summed E-state index contributed by atoms with van der Waals surface area (Å²) in [5.74, 6) is 0.808. The lowest BCUT2D eigenvalue weighted by Crippen LogP contribution is -2.37. The molecule has 3 heterocycles. The summed E-state index contributed by atoms with van der Waals surface area (Å²) in [6.07, 6.45) is 6.56. The van der Waals surface area contributed by atoms with E-state index in [4.69, 9.17) is 14.5 Å². The molecule has 0 saturated carbocycles. The second kappa shape index (κ2) is 12.0. The second-order valence-corrected chi connectivity index (χ2v) is 11.0. The van der Waals surface area contributed by atoms with Crippen molar-refractivity contribution >= 4 is 0 Å². The van der Waals surface area contributed by atoms with Gasteiger partial charge in [-0.3, -0.25) is 4.68 Å². The number of aromatic nitrogens is 4. The van der Waals surface area contributed by atoms with Gasteiger partial charge < -0.3 is 14.0 Å². The van der Waals surface area contributed by atoms with Crippen LogP contribution in [0.4, 0.5) is 0 Å². The minimum absolute atomic E-state index is 0.0258. The summed E-state index contributed by atoms with van der Waals surface area (Å²) in [6.45, 7) is 5.15. The first-order chi connectivity index (χ1) is 19.7. The molecule has 0 atom stereocenters. The number of hydrogen-bond acceptors (Lipinski definition) is 4. The molecule has 2 aromatic heterocycles. The Kier molecular flexibility index (Phi) is 7.89. The lowest BCUT2D eigenvalue weighted by molar-refractivity contribution is -0.236. The molecular weight excluding hydrogens is 496 g/mol. The van der Waals surface area contributed by atoms with Gasteiger partial charge in [0.05, 0.1) is 24.6 Å². The summed E-state index contributed by atoms with van der Waals surface area (Å²) in [5.41, 5.74) is 5.39. The van der Waals surface area contributed by atoms with Gasteiger partial charge in [0.25, 0.3) is 0 Å². The molecule has 0 bridgehead atoms. The largest absolute Gasteiger partial charge is 0.345 e. The van der Waals surface area contributed by atoms with Crippen LogP contribution in [0.25, 0.3) is 22.5 Å². The van der Waals surface area contributed by atoms with Crippen molar-refractivity contribution in [1.29, 1.82) is 0 Å². The normalized spacial score (nSPS) is 19.1. The van der Waals surface area contributed by atoms with E-state index in [0.29, 0.717) is 19.8 Å². The van der Waals surface area contributed by atoms with E-state index in [1.165, 1.54) is 5.56 Å². The Morgan fingerprint density at radius 3 is 2.10 bits per heavy atom. The molecule has 3 aromatic carbocycles. The highest BCUT2D eigenvalue weighted by Crippen LogP contribution is 2.39. The highest BCUT2D eigenvalue weighted by Gasteiger charge is 2.36. The molecule has 6 nitrogen and oxygen atoms in total. The molecular formula is C34H36N4O2. The zero-order valence-electron chi connectivity index (χ0n) is 23.0. The van der Waals surface area contributed by atoms with Gasteiger partial charge in [-0.25, -0.2) is 4.98 Å². The van der Waals surface area contributed by atoms with E-state index in [0.717, 1.165) is 54.1 Å². The van der Waals surface area contributed by atoms with Crippen LogP contribution < -0.4 is 0 Å². The molecule has 0 unspecified atom stereocenters. The molecule has 0 spiro atoms. The van der Waals surface area contributed by atoms with E-state index in [2.05, 4.69) is 95.5 Å². The summed E-state index contributed by atoms with van der Waals surface area (Å²) >= 11 is 0. The summed E-state index contributed by atoms with van der Waals surface area (Å²) in [6, 6.07) is 33.4. The van der Waals surface area contributed by atoms with Gasteiger partial charge in [-0.2, -0.15) is 5.10 Å². The van der Waals surface area contributed by atoms with Crippen molar-refractivity contribution in [1.82, 2.24) is 19.3 Å². The standard InChI is InChI=1S/C34H36N4O2/c1-34(20-11-12-22-37-23-13-21-35-37)25-39-33(40-26-34)32-36-30(28-16-7-3-8-17-28)31(29-18-9-4-10-19-29)38(32)24-27-14-5-2-6-15-27/h2-10,13-19,21,23,33H,11-12,20,22,24-26H2,1H3/t33-,34-. The van der Waals surface area contributed by atoms with E-state index >= 15 is 0 Å². The molecule has 5 aromatic rings. The quantitative estimate of drug-likeness (QED) is 0.176. The maximum absolute atomic E-state index is 6.48. The predicted molar refractivity (Wildman–Crippen MR) is 157 cm³/mol. The van der Waals surface area contributed by atoms with Crippen molar-refractivity contribution in [3.05, 3.63) is 121 Å². The maximum atomic E-state index is 6.48. The Morgan fingerprint density at radius 2 is 1.45 bits per heavy atom. The number of imidazole rings is 1. The van der Waals surface area contributed by atoms with Crippen molar-refractivity contribution in [2.75, 3.05) is 13.2 Å². The fourth-order valence-corrected chi connectivity index (χ4v) is 5.46. The summed E-state index contributed by atoms with van der Waals surface area (Å²) in [5, 5.41) is 4.31. The van der Waals surface area contributed by atoms with Gasteiger partial charge in [0.2, 0.25) is 6.29 Å². The van der Waals surface area contributed by atoms with Gasteiger partial charge in [-0.15, -0.1) is 0 Å². The van der Waals surface area contributed by atoms with Crippen molar-refractivity contribution < 1.29 is 9.47 Å². The number of benzene rings is 3. The minimum atomic E-state index is -0.527. The zero-order valence-corrected chi connectivity index (χ0v) is 23.0. The fraction of sp³-hybridized carbons (Fsp3) is 0.294. The first-order valence-electron chi connectivity index (χ1n) is 14.1. The third-order valence-electron chi connectivity index (χ3n) is 7.63. The van der Waals surface area contributed by atoms with E-state index < -0.39 is 6.29 Å². The molecule has 0 N–H and O–H groups in total. The summed E-state index contributed by atoms with van der Waals surface area (Å²) in [7, 11) is 0. The molecule has 40 heavy (non-hydrogen) atoms. The lowest BCUT2D eigenvalue weighted by Gasteiger charge is -2.37. The lowest BCUT2D eigenvalue weighted by atomic mass is 9.86. The molecule has 6 heteroatoms. The second-order valence-electron chi connectivity index (χ2n) is 11.0. The Balaban J connectivity index is 1.28. The number of rotatable bonds is 10. The first-order valence-corrected chi connectivity index (χ1v) is 14.1. The monoisotopic (exact) mass is 532 g/mol. The molecule has 6 rings (SSSR count). The van der Waals surface area contributed by atoms with E-state index in [1.54, 1.807) is 0 Å². The van der Waals surface area contributed by atoms with E-state index in [1.807, 2.05) is 35.3 Å². The highest BCUT2D eigenvalue weighted by molar-refractivity contribution is 5.79. The number of unbranched alkanes of at least 4 members (excludes halogenated alkanes) is 1. The van der Waals surface area contributed by atoms with Gasteiger partial charge in [0.1, 0.15) is 0 Å². The van der Waals surface area contributed by atoms with Crippen LogP contribution in [0.2, 0.25) is 0 Å². The molecule has 1 aliphatic rings. The highest BCUT2D eigenvalue weighted by atomic mass is 16.7. The molecule has 0 amide bonds. The van der Waals surface area contributed by atoms with Crippen LogP contribution in [0.3, 0.4) is 0 Å². The van der Waals surface area contributed by atoms with Crippen molar-refractivity contribution in [3.63, 3.8) is 0 Å². The van der Waals surface area contributed by atoms with Crippen LogP contribution in [0, 0.1) is 5.41 Å². The van der Waals surface area contributed by atoms with Crippen molar-refractivity contribution in [2.45, 2.75) is 45.6 Å². The smallest absolute Gasteiger partial charge is 0.217 e. The van der Waals surface area contributed by atoms with Crippen molar-refractivity contribution in [3.8, 4) is 22.5 Å².